The molecule has 0 aliphatic rings. The number of aliphatic hydroxyl groups is 1. The Kier molecular flexibility index (Phi) is 6.31. The molecule has 0 aromatic heterocycles. The Morgan fingerprint density at radius 2 is 2.18 bits per heavy atom. The molecule has 1 rings (SSSR count). The third-order valence-electron chi connectivity index (χ3n) is 3.00. The highest BCUT2D eigenvalue weighted by Crippen LogP contribution is 2.09. The number of nitrogens with zero attached hydrogens (tertiary/aromatic N) is 1. The zero-order chi connectivity index (χ0) is 12.5. The first-order valence-corrected chi connectivity index (χ1v) is 6.11. The number of nitriles is 1. The van der Waals surface area contributed by atoms with Crippen LogP contribution >= 0.6 is 0 Å². The van der Waals surface area contributed by atoms with Gasteiger partial charge in [-0.05, 0) is 30.5 Å². The minimum Gasteiger partial charge on any atom is -0.396 e. The monoisotopic (exact) mass is 232 g/mol. The van der Waals surface area contributed by atoms with Crippen molar-refractivity contribution in [1.82, 2.24) is 5.32 Å². The molecule has 0 bridgehead atoms. The van der Waals surface area contributed by atoms with Gasteiger partial charge >= 0.3 is 0 Å². The second-order valence-electron chi connectivity index (χ2n) is 4.19. The van der Waals surface area contributed by atoms with Crippen molar-refractivity contribution in [2.24, 2.45) is 5.92 Å². The normalized spacial score (nSPS) is 12.1. The first kappa shape index (κ1) is 13.7. The Morgan fingerprint density at radius 1 is 1.41 bits per heavy atom. The van der Waals surface area contributed by atoms with Gasteiger partial charge in [-0.3, -0.25) is 0 Å². The summed E-state index contributed by atoms with van der Waals surface area (Å²) in [5.74, 6) is 0.509. The van der Waals surface area contributed by atoms with Crippen LogP contribution in [0.1, 0.15) is 30.9 Å². The Morgan fingerprint density at radius 3 is 2.82 bits per heavy atom. The SMILES string of the molecule is CCC(CCO)CNCc1ccccc1C#N. The fraction of sp³-hybridized carbons (Fsp3) is 0.500. The average Bonchev–Trinajstić information content (AvgIpc) is 2.38. The number of aliphatic hydroxyl groups excluding tert-OH is 1. The predicted octanol–water partition coefficient (Wildman–Crippen LogP) is 2.06. The summed E-state index contributed by atoms with van der Waals surface area (Å²) in [5.41, 5.74) is 1.77. The maximum Gasteiger partial charge on any atom is 0.0995 e. The number of benzene rings is 1. The maximum absolute atomic E-state index is 8.95. The van der Waals surface area contributed by atoms with Crippen molar-refractivity contribution in [2.45, 2.75) is 26.3 Å². The third kappa shape index (κ3) is 4.56. The molecule has 0 radical (unpaired) electrons. The van der Waals surface area contributed by atoms with E-state index in [0.29, 0.717) is 12.5 Å². The van der Waals surface area contributed by atoms with Gasteiger partial charge in [0.15, 0.2) is 0 Å². The Labute approximate surface area is 103 Å². The van der Waals surface area contributed by atoms with Crippen molar-refractivity contribution >= 4 is 0 Å². The zero-order valence-electron chi connectivity index (χ0n) is 10.3. The molecule has 2 N–H and O–H groups in total. The van der Waals surface area contributed by atoms with E-state index in [4.69, 9.17) is 10.4 Å². The van der Waals surface area contributed by atoms with Crippen LogP contribution in [0.15, 0.2) is 24.3 Å². The summed E-state index contributed by atoms with van der Waals surface area (Å²) < 4.78 is 0. The smallest absolute Gasteiger partial charge is 0.0995 e. The van der Waals surface area contributed by atoms with Crippen LogP contribution in [0.4, 0.5) is 0 Å². The van der Waals surface area contributed by atoms with Gasteiger partial charge in [0, 0.05) is 13.2 Å². The molecule has 92 valence electrons. The van der Waals surface area contributed by atoms with Gasteiger partial charge in [0.05, 0.1) is 11.6 Å². The molecule has 17 heavy (non-hydrogen) atoms. The van der Waals surface area contributed by atoms with Crippen molar-refractivity contribution in [3.05, 3.63) is 35.4 Å². The van der Waals surface area contributed by atoms with Crippen LogP contribution in [0.5, 0.6) is 0 Å². The Bertz CT molecular complexity index is 371. The van der Waals surface area contributed by atoms with Crippen LogP contribution in [0.2, 0.25) is 0 Å². The Balaban J connectivity index is 2.42. The van der Waals surface area contributed by atoms with Crippen molar-refractivity contribution < 1.29 is 5.11 Å². The van der Waals surface area contributed by atoms with Gasteiger partial charge in [-0.1, -0.05) is 31.5 Å². The van der Waals surface area contributed by atoms with E-state index in [1.807, 2.05) is 24.3 Å². The largest absolute Gasteiger partial charge is 0.396 e. The quantitative estimate of drug-likeness (QED) is 0.756. The molecule has 3 nitrogen and oxygen atoms in total. The summed E-state index contributed by atoms with van der Waals surface area (Å²) in [6.45, 7) is 3.97. The molecule has 3 heteroatoms. The minimum absolute atomic E-state index is 0.245. The van der Waals surface area contributed by atoms with Gasteiger partial charge in [0.25, 0.3) is 0 Å². The molecule has 1 aromatic rings. The molecule has 0 amide bonds. The first-order chi connectivity index (χ1) is 8.31. The second-order valence-corrected chi connectivity index (χ2v) is 4.19. The summed E-state index contributed by atoms with van der Waals surface area (Å²) >= 11 is 0. The minimum atomic E-state index is 0.245. The van der Waals surface area contributed by atoms with E-state index in [1.54, 1.807) is 0 Å². The molecule has 1 unspecified atom stereocenters. The summed E-state index contributed by atoms with van der Waals surface area (Å²) in [6.07, 6.45) is 1.90. The van der Waals surface area contributed by atoms with Crippen LogP contribution in [-0.4, -0.2) is 18.3 Å². The van der Waals surface area contributed by atoms with Gasteiger partial charge in [0.2, 0.25) is 0 Å². The van der Waals surface area contributed by atoms with Crippen molar-refractivity contribution in [3.63, 3.8) is 0 Å². The van der Waals surface area contributed by atoms with Crippen LogP contribution in [-0.2, 0) is 6.54 Å². The molecule has 0 aliphatic carbocycles. The van der Waals surface area contributed by atoms with E-state index < -0.39 is 0 Å². The molecule has 0 heterocycles. The topological polar surface area (TPSA) is 56.0 Å². The molecule has 0 saturated heterocycles. The second kappa shape index (κ2) is 7.83. The molecule has 1 atom stereocenters. The van der Waals surface area contributed by atoms with Crippen LogP contribution in [0.3, 0.4) is 0 Å². The molecule has 0 saturated carbocycles. The highest BCUT2D eigenvalue weighted by Gasteiger charge is 2.05. The van der Waals surface area contributed by atoms with E-state index in [0.717, 1.165) is 30.5 Å². The molecule has 0 aliphatic heterocycles. The van der Waals surface area contributed by atoms with Gasteiger partial charge in [-0.15, -0.1) is 0 Å². The van der Waals surface area contributed by atoms with E-state index in [9.17, 15) is 0 Å². The molecular formula is C14H20N2O. The summed E-state index contributed by atoms with van der Waals surface area (Å²) in [4.78, 5) is 0. The van der Waals surface area contributed by atoms with Crippen molar-refractivity contribution in [3.8, 4) is 6.07 Å². The van der Waals surface area contributed by atoms with Crippen LogP contribution < -0.4 is 5.32 Å². The van der Waals surface area contributed by atoms with Crippen LogP contribution in [0.25, 0.3) is 0 Å². The molecular weight excluding hydrogens is 212 g/mol. The lowest BCUT2D eigenvalue weighted by molar-refractivity contribution is 0.251. The molecule has 0 fully saturated rings. The fourth-order valence-electron chi connectivity index (χ4n) is 1.83. The summed E-state index contributed by atoms with van der Waals surface area (Å²) in [5, 5.41) is 21.2. The molecule has 1 aromatic carbocycles. The van der Waals surface area contributed by atoms with E-state index >= 15 is 0 Å². The molecule has 0 spiro atoms. The lowest BCUT2D eigenvalue weighted by atomic mass is 10.0. The number of rotatable bonds is 7. The standard InChI is InChI=1S/C14H20N2O/c1-2-12(7-8-17)10-16-11-14-6-4-3-5-13(14)9-15/h3-6,12,16-17H,2,7-8,10-11H2,1H3. The lowest BCUT2D eigenvalue weighted by Crippen LogP contribution is -2.23. The number of hydrogen-bond donors (Lipinski definition) is 2. The van der Waals surface area contributed by atoms with E-state index in [-0.39, 0.29) is 6.61 Å². The zero-order valence-corrected chi connectivity index (χ0v) is 10.3. The third-order valence-corrected chi connectivity index (χ3v) is 3.00. The van der Waals surface area contributed by atoms with Crippen LogP contribution in [0, 0.1) is 17.2 Å². The Hall–Kier alpha value is -1.37. The van der Waals surface area contributed by atoms with E-state index in [1.165, 1.54) is 0 Å². The van der Waals surface area contributed by atoms with E-state index in [2.05, 4.69) is 18.3 Å². The summed E-state index contributed by atoms with van der Waals surface area (Å²) in [6, 6.07) is 9.82. The number of nitrogens with one attached hydrogen (secondary N) is 1. The van der Waals surface area contributed by atoms with Gasteiger partial charge < -0.3 is 10.4 Å². The average molecular weight is 232 g/mol. The highest BCUT2D eigenvalue weighted by molar-refractivity contribution is 5.37. The van der Waals surface area contributed by atoms with Crippen molar-refractivity contribution in [2.75, 3.05) is 13.2 Å². The van der Waals surface area contributed by atoms with Gasteiger partial charge in [-0.25, -0.2) is 0 Å². The fourth-order valence-corrected chi connectivity index (χ4v) is 1.83. The maximum atomic E-state index is 8.95. The lowest BCUT2D eigenvalue weighted by Gasteiger charge is -2.14. The number of hydrogen-bond acceptors (Lipinski definition) is 3. The van der Waals surface area contributed by atoms with Crippen molar-refractivity contribution in [1.29, 1.82) is 5.26 Å². The van der Waals surface area contributed by atoms with Gasteiger partial charge in [-0.2, -0.15) is 5.26 Å². The highest BCUT2D eigenvalue weighted by atomic mass is 16.3. The van der Waals surface area contributed by atoms with Gasteiger partial charge in [0.1, 0.15) is 0 Å². The first-order valence-electron chi connectivity index (χ1n) is 6.11. The predicted molar refractivity (Wildman–Crippen MR) is 68.3 cm³/mol. The summed E-state index contributed by atoms with van der Waals surface area (Å²) in [7, 11) is 0.